The van der Waals surface area contributed by atoms with E-state index >= 15 is 0 Å². The van der Waals surface area contributed by atoms with Crippen molar-refractivity contribution in [3.8, 4) is 0 Å². The van der Waals surface area contributed by atoms with E-state index in [2.05, 4.69) is 18.7 Å². The molecular formula is C13H14O. The number of hydrogen-bond acceptors (Lipinski definition) is 1. The predicted octanol–water partition coefficient (Wildman–Crippen LogP) is 3.08. The van der Waals surface area contributed by atoms with Crippen LogP contribution in [0.2, 0.25) is 0 Å². The van der Waals surface area contributed by atoms with Crippen LogP contribution in [0.5, 0.6) is 0 Å². The van der Waals surface area contributed by atoms with Crippen molar-refractivity contribution in [2.45, 2.75) is 25.2 Å². The van der Waals surface area contributed by atoms with Gasteiger partial charge in [0.1, 0.15) is 0 Å². The summed E-state index contributed by atoms with van der Waals surface area (Å²) >= 11 is 0. The fourth-order valence-corrected chi connectivity index (χ4v) is 2.05. The van der Waals surface area contributed by atoms with Gasteiger partial charge in [0.05, 0.1) is 0 Å². The van der Waals surface area contributed by atoms with Crippen molar-refractivity contribution in [3.63, 3.8) is 0 Å². The molecule has 0 unspecified atom stereocenters. The van der Waals surface area contributed by atoms with Gasteiger partial charge in [0.15, 0.2) is 5.78 Å². The van der Waals surface area contributed by atoms with E-state index < -0.39 is 0 Å². The van der Waals surface area contributed by atoms with E-state index in [1.807, 2.05) is 18.2 Å². The summed E-state index contributed by atoms with van der Waals surface area (Å²) in [4.78, 5) is 11.5. The van der Waals surface area contributed by atoms with Crippen molar-refractivity contribution in [2.75, 3.05) is 0 Å². The Morgan fingerprint density at radius 3 is 2.64 bits per heavy atom. The maximum Gasteiger partial charge on any atom is 0.158 e. The molecule has 1 aliphatic carbocycles. The molecule has 0 spiro atoms. The minimum Gasteiger partial charge on any atom is -0.295 e. The molecule has 1 fully saturated rings. The van der Waals surface area contributed by atoms with Crippen molar-refractivity contribution >= 4 is 5.78 Å². The summed E-state index contributed by atoms with van der Waals surface area (Å²) < 4.78 is 0. The highest BCUT2D eigenvalue weighted by atomic mass is 16.1. The average Bonchev–Trinajstić information content (AvgIpc) is 2.23. The van der Waals surface area contributed by atoms with E-state index in [0.29, 0.717) is 6.42 Å². The summed E-state index contributed by atoms with van der Waals surface area (Å²) in [7, 11) is 0. The molecule has 1 saturated carbocycles. The van der Waals surface area contributed by atoms with Gasteiger partial charge in [-0.2, -0.15) is 0 Å². The second kappa shape index (κ2) is 3.79. The molecule has 1 heteroatoms. The summed E-state index contributed by atoms with van der Waals surface area (Å²) in [5.41, 5.74) is 2.02. The van der Waals surface area contributed by atoms with Crippen LogP contribution in [0, 0.1) is 0 Å². The number of Topliss-reactive ketones (excluding diaryl/α,β-unsaturated/α-hetero) is 1. The number of allylic oxidation sites excluding steroid dienone is 1. The second-order valence-electron chi connectivity index (χ2n) is 3.80. The Morgan fingerprint density at radius 2 is 1.93 bits per heavy atom. The zero-order chi connectivity index (χ0) is 9.97. The molecule has 1 nitrogen and oxygen atoms in total. The van der Waals surface area contributed by atoms with Crippen LogP contribution in [0.3, 0.4) is 0 Å². The summed E-state index contributed by atoms with van der Waals surface area (Å²) in [6, 6.07) is 10.2. The fraction of sp³-hybridized carbons (Fsp3) is 0.308. The van der Waals surface area contributed by atoms with Crippen LogP contribution in [0.1, 0.15) is 30.7 Å². The molecule has 0 amide bonds. The highest BCUT2D eigenvalue weighted by molar-refractivity contribution is 5.96. The van der Waals surface area contributed by atoms with Gasteiger partial charge in [0.25, 0.3) is 0 Å². The van der Waals surface area contributed by atoms with E-state index in [9.17, 15) is 4.79 Å². The smallest absolute Gasteiger partial charge is 0.158 e. The van der Waals surface area contributed by atoms with Gasteiger partial charge < -0.3 is 0 Å². The van der Waals surface area contributed by atoms with Gasteiger partial charge in [0.2, 0.25) is 0 Å². The van der Waals surface area contributed by atoms with Crippen LogP contribution in [0.4, 0.5) is 0 Å². The van der Waals surface area contributed by atoms with Crippen LogP contribution in [-0.4, -0.2) is 5.78 Å². The summed E-state index contributed by atoms with van der Waals surface area (Å²) in [5.74, 6) is 0.502. The van der Waals surface area contributed by atoms with Crippen LogP contribution in [-0.2, 0) is 4.79 Å². The van der Waals surface area contributed by atoms with Crippen LogP contribution in [0.15, 0.2) is 42.5 Å². The van der Waals surface area contributed by atoms with Crippen LogP contribution in [0.25, 0.3) is 0 Å². The molecule has 14 heavy (non-hydrogen) atoms. The number of carbonyl (C=O) groups is 1. The molecule has 0 heterocycles. The SMILES string of the molecule is C=C1C(=O)CCC[C@@H]1c1ccccc1. The van der Waals surface area contributed by atoms with E-state index in [-0.39, 0.29) is 11.7 Å². The van der Waals surface area contributed by atoms with Crippen molar-refractivity contribution < 1.29 is 4.79 Å². The molecule has 1 aromatic carbocycles. The van der Waals surface area contributed by atoms with Gasteiger partial charge in [-0.25, -0.2) is 0 Å². The molecule has 0 saturated heterocycles. The minimum absolute atomic E-state index is 0.241. The highest BCUT2D eigenvalue weighted by Crippen LogP contribution is 2.33. The maximum atomic E-state index is 11.5. The highest BCUT2D eigenvalue weighted by Gasteiger charge is 2.24. The first kappa shape index (κ1) is 9.20. The molecule has 1 aromatic rings. The van der Waals surface area contributed by atoms with Gasteiger partial charge in [0, 0.05) is 12.3 Å². The average molecular weight is 186 g/mol. The Labute approximate surface area is 84.5 Å². The van der Waals surface area contributed by atoms with Crippen molar-refractivity contribution in [3.05, 3.63) is 48.0 Å². The van der Waals surface area contributed by atoms with E-state index in [1.165, 1.54) is 5.56 Å². The van der Waals surface area contributed by atoms with Crippen LogP contribution >= 0.6 is 0 Å². The number of ketones is 1. The lowest BCUT2D eigenvalue weighted by Crippen LogP contribution is -2.16. The molecule has 0 aromatic heterocycles. The molecule has 72 valence electrons. The van der Waals surface area contributed by atoms with Gasteiger partial charge in [-0.3, -0.25) is 4.79 Å². The monoisotopic (exact) mass is 186 g/mol. The summed E-state index contributed by atoms with van der Waals surface area (Å²) in [6.45, 7) is 3.90. The molecule has 0 N–H and O–H groups in total. The molecular weight excluding hydrogens is 172 g/mol. The normalized spacial score (nSPS) is 22.4. The summed E-state index contributed by atoms with van der Waals surface area (Å²) in [5, 5.41) is 0. The van der Waals surface area contributed by atoms with Crippen molar-refractivity contribution in [1.82, 2.24) is 0 Å². The first-order valence-electron chi connectivity index (χ1n) is 5.06. The molecule has 0 radical (unpaired) electrons. The minimum atomic E-state index is 0.241. The number of rotatable bonds is 1. The fourth-order valence-electron chi connectivity index (χ4n) is 2.05. The van der Waals surface area contributed by atoms with Gasteiger partial charge in [-0.05, 0) is 24.0 Å². The Balaban J connectivity index is 2.26. The van der Waals surface area contributed by atoms with Gasteiger partial charge in [-0.15, -0.1) is 0 Å². The van der Waals surface area contributed by atoms with Gasteiger partial charge in [-0.1, -0.05) is 36.9 Å². The Bertz CT molecular complexity index is 351. The largest absolute Gasteiger partial charge is 0.295 e. The molecule has 0 bridgehead atoms. The third kappa shape index (κ3) is 1.63. The standard InChI is InChI=1S/C13H14O/c1-10-12(8-5-9-13(10)14)11-6-3-2-4-7-11/h2-4,6-7,12H,1,5,8-9H2/t12-/m0/s1. The topological polar surface area (TPSA) is 17.1 Å². The molecule has 1 atom stereocenters. The lowest BCUT2D eigenvalue weighted by atomic mass is 9.80. The Morgan fingerprint density at radius 1 is 1.21 bits per heavy atom. The van der Waals surface area contributed by atoms with E-state index in [0.717, 1.165) is 18.4 Å². The zero-order valence-electron chi connectivity index (χ0n) is 8.20. The summed E-state index contributed by atoms with van der Waals surface area (Å²) in [6.07, 6.45) is 2.74. The lowest BCUT2D eigenvalue weighted by molar-refractivity contribution is -0.116. The first-order valence-corrected chi connectivity index (χ1v) is 5.06. The lowest BCUT2D eigenvalue weighted by Gasteiger charge is -2.23. The quantitative estimate of drug-likeness (QED) is 0.616. The molecule has 2 rings (SSSR count). The Kier molecular flexibility index (Phi) is 2.49. The number of hydrogen-bond donors (Lipinski definition) is 0. The van der Waals surface area contributed by atoms with Crippen LogP contribution < -0.4 is 0 Å². The number of benzene rings is 1. The molecule has 1 aliphatic rings. The maximum absolute atomic E-state index is 11.5. The van der Waals surface area contributed by atoms with Crippen molar-refractivity contribution in [1.29, 1.82) is 0 Å². The zero-order valence-corrected chi connectivity index (χ0v) is 8.20. The third-order valence-corrected chi connectivity index (χ3v) is 2.88. The second-order valence-corrected chi connectivity index (χ2v) is 3.80. The van der Waals surface area contributed by atoms with Crippen molar-refractivity contribution in [2.24, 2.45) is 0 Å². The number of carbonyl (C=O) groups excluding carboxylic acids is 1. The van der Waals surface area contributed by atoms with Gasteiger partial charge >= 0.3 is 0 Å². The van der Waals surface area contributed by atoms with E-state index in [1.54, 1.807) is 0 Å². The first-order chi connectivity index (χ1) is 6.79. The molecule has 0 aliphatic heterocycles. The van der Waals surface area contributed by atoms with E-state index in [4.69, 9.17) is 0 Å². The predicted molar refractivity (Wildman–Crippen MR) is 57.2 cm³/mol. The Hall–Kier alpha value is -1.37. The third-order valence-electron chi connectivity index (χ3n) is 2.88.